The van der Waals surface area contributed by atoms with Crippen molar-refractivity contribution in [3.8, 4) is 11.7 Å². The SMILES string of the molecule is CCOc1ccc(-n2ncc(C(=O)N[C@@H](c3ccccc3)C3CC3)c2C)nn1. The summed E-state index contributed by atoms with van der Waals surface area (Å²) in [5, 5.41) is 15.7. The summed E-state index contributed by atoms with van der Waals surface area (Å²) in [6.45, 7) is 4.28. The van der Waals surface area contributed by atoms with Crippen LogP contribution < -0.4 is 10.1 Å². The number of ether oxygens (including phenoxy) is 1. The van der Waals surface area contributed by atoms with Gasteiger partial charge >= 0.3 is 0 Å². The molecule has 1 aliphatic carbocycles. The Morgan fingerprint density at radius 2 is 2.00 bits per heavy atom. The second-order valence-electron chi connectivity index (χ2n) is 6.92. The number of hydrogen-bond acceptors (Lipinski definition) is 5. The van der Waals surface area contributed by atoms with E-state index in [1.807, 2.05) is 32.0 Å². The zero-order valence-corrected chi connectivity index (χ0v) is 16.0. The minimum absolute atomic E-state index is 0.0294. The quantitative estimate of drug-likeness (QED) is 0.683. The summed E-state index contributed by atoms with van der Waals surface area (Å²) < 4.78 is 6.93. The number of carbonyl (C=O) groups excluding carboxylic acids is 1. The third-order valence-corrected chi connectivity index (χ3v) is 4.93. The predicted molar refractivity (Wildman–Crippen MR) is 104 cm³/mol. The fraction of sp³-hybridized carbons (Fsp3) is 0.333. The zero-order chi connectivity index (χ0) is 19.5. The molecule has 1 atom stereocenters. The van der Waals surface area contributed by atoms with Gasteiger partial charge in [-0.3, -0.25) is 4.79 Å². The Hall–Kier alpha value is -3.22. The maximum absolute atomic E-state index is 12.9. The van der Waals surface area contributed by atoms with Crippen molar-refractivity contribution in [2.45, 2.75) is 32.7 Å². The summed E-state index contributed by atoms with van der Waals surface area (Å²) >= 11 is 0. The van der Waals surface area contributed by atoms with Gasteiger partial charge in [0.15, 0.2) is 5.82 Å². The van der Waals surface area contributed by atoms with Crippen LogP contribution in [0.3, 0.4) is 0 Å². The molecule has 144 valence electrons. The average molecular weight is 377 g/mol. The number of rotatable bonds is 7. The van der Waals surface area contributed by atoms with E-state index in [9.17, 15) is 4.79 Å². The fourth-order valence-electron chi connectivity index (χ4n) is 3.30. The Labute approximate surface area is 163 Å². The van der Waals surface area contributed by atoms with Crippen molar-refractivity contribution >= 4 is 5.91 Å². The molecule has 0 spiro atoms. The van der Waals surface area contributed by atoms with Gasteiger partial charge in [-0.2, -0.15) is 5.10 Å². The van der Waals surface area contributed by atoms with Crippen LogP contribution in [-0.4, -0.2) is 32.5 Å². The van der Waals surface area contributed by atoms with Crippen LogP contribution in [0.2, 0.25) is 0 Å². The molecular weight excluding hydrogens is 354 g/mol. The Morgan fingerprint density at radius 1 is 1.21 bits per heavy atom. The average Bonchev–Trinajstić information content (AvgIpc) is 3.49. The van der Waals surface area contributed by atoms with Crippen molar-refractivity contribution in [3.05, 3.63) is 65.5 Å². The zero-order valence-electron chi connectivity index (χ0n) is 16.0. The number of amides is 1. The summed E-state index contributed by atoms with van der Waals surface area (Å²) in [6.07, 6.45) is 3.86. The van der Waals surface area contributed by atoms with Crippen LogP contribution in [0.5, 0.6) is 5.88 Å². The number of hydrogen-bond donors (Lipinski definition) is 1. The van der Waals surface area contributed by atoms with Crippen LogP contribution in [-0.2, 0) is 0 Å². The van der Waals surface area contributed by atoms with Gasteiger partial charge in [-0.1, -0.05) is 30.3 Å². The van der Waals surface area contributed by atoms with E-state index in [1.165, 1.54) is 0 Å². The summed E-state index contributed by atoms with van der Waals surface area (Å²) in [6, 6.07) is 13.7. The Balaban J connectivity index is 1.54. The highest BCUT2D eigenvalue weighted by Crippen LogP contribution is 2.41. The molecule has 2 aromatic heterocycles. The molecule has 4 rings (SSSR count). The van der Waals surface area contributed by atoms with E-state index in [0.29, 0.717) is 29.8 Å². The molecule has 2 heterocycles. The molecule has 0 bridgehead atoms. The van der Waals surface area contributed by atoms with Crippen LogP contribution in [0.1, 0.15) is 47.4 Å². The lowest BCUT2D eigenvalue weighted by molar-refractivity contribution is 0.0931. The van der Waals surface area contributed by atoms with E-state index in [2.05, 4.69) is 32.7 Å². The highest BCUT2D eigenvalue weighted by Gasteiger charge is 2.34. The van der Waals surface area contributed by atoms with Gasteiger partial charge in [0.25, 0.3) is 5.91 Å². The van der Waals surface area contributed by atoms with Crippen LogP contribution in [0, 0.1) is 12.8 Å². The van der Waals surface area contributed by atoms with E-state index in [1.54, 1.807) is 23.0 Å². The first-order chi connectivity index (χ1) is 13.7. The van der Waals surface area contributed by atoms with Crippen molar-refractivity contribution in [1.29, 1.82) is 0 Å². The van der Waals surface area contributed by atoms with Crippen LogP contribution in [0.25, 0.3) is 5.82 Å². The molecule has 1 fully saturated rings. The Kier molecular flexibility index (Phi) is 5.06. The summed E-state index contributed by atoms with van der Waals surface area (Å²) in [4.78, 5) is 12.9. The van der Waals surface area contributed by atoms with Gasteiger partial charge in [0.1, 0.15) is 0 Å². The Morgan fingerprint density at radius 3 is 2.64 bits per heavy atom. The van der Waals surface area contributed by atoms with Crippen LogP contribution in [0.15, 0.2) is 48.7 Å². The van der Waals surface area contributed by atoms with Crippen LogP contribution >= 0.6 is 0 Å². The second-order valence-corrected chi connectivity index (χ2v) is 6.92. The van der Waals surface area contributed by atoms with Gasteiger partial charge in [-0.05, 0) is 44.2 Å². The summed E-state index contributed by atoms with van der Waals surface area (Å²) in [5.74, 6) is 1.38. The lowest BCUT2D eigenvalue weighted by Crippen LogP contribution is -2.30. The molecule has 0 aliphatic heterocycles. The van der Waals surface area contributed by atoms with E-state index < -0.39 is 0 Å². The summed E-state index contributed by atoms with van der Waals surface area (Å²) in [7, 11) is 0. The largest absolute Gasteiger partial charge is 0.477 e. The Bertz CT molecular complexity index is 949. The first-order valence-corrected chi connectivity index (χ1v) is 9.54. The molecule has 1 amide bonds. The number of nitrogens with zero attached hydrogens (tertiary/aromatic N) is 4. The van der Waals surface area contributed by atoms with Crippen molar-refractivity contribution in [3.63, 3.8) is 0 Å². The third-order valence-electron chi connectivity index (χ3n) is 4.93. The third kappa shape index (κ3) is 3.74. The first kappa shape index (κ1) is 18.2. The smallest absolute Gasteiger partial charge is 0.255 e. The minimum Gasteiger partial charge on any atom is -0.477 e. The molecule has 0 saturated heterocycles. The lowest BCUT2D eigenvalue weighted by atomic mass is 10.0. The normalized spacial score (nSPS) is 14.5. The molecule has 7 nitrogen and oxygen atoms in total. The van der Waals surface area contributed by atoms with Crippen molar-refractivity contribution in [2.24, 2.45) is 5.92 Å². The molecule has 0 radical (unpaired) electrons. The van der Waals surface area contributed by atoms with Gasteiger partial charge in [0, 0.05) is 6.07 Å². The van der Waals surface area contributed by atoms with E-state index in [4.69, 9.17) is 4.74 Å². The highest BCUT2D eigenvalue weighted by atomic mass is 16.5. The van der Waals surface area contributed by atoms with Crippen LogP contribution in [0.4, 0.5) is 0 Å². The molecule has 1 aliphatic rings. The molecule has 1 aromatic carbocycles. The number of carbonyl (C=O) groups is 1. The second kappa shape index (κ2) is 7.80. The lowest BCUT2D eigenvalue weighted by Gasteiger charge is -2.18. The topological polar surface area (TPSA) is 81.9 Å². The molecule has 0 unspecified atom stereocenters. The molecule has 3 aromatic rings. The maximum atomic E-state index is 12.9. The van der Waals surface area contributed by atoms with Gasteiger partial charge in [-0.25, -0.2) is 4.68 Å². The summed E-state index contributed by atoms with van der Waals surface area (Å²) in [5.41, 5.74) is 2.40. The van der Waals surface area contributed by atoms with E-state index in [0.717, 1.165) is 24.1 Å². The van der Waals surface area contributed by atoms with Crippen molar-refractivity contribution in [2.75, 3.05) is 6.61 Å². The number of benzene rings is 1. The molecular formula is C21H23N5O2. The standard InChI is InChI=1S/C21H23N5O2/c1-3-28-19-12-11-18(24-25-19)26-14(2)17(13-22-26)21(27)23-20(16-9-10-16)15-7-5-4-6-8-15/h4-8,11-13,16,20H,3,9-10H2,1-2H3,(H,23,27)/t20-/m0/s1. The molecule has 1 N–H and O–H groups in total. The van der Waals surface area contributed by atoms with Crippen molar-refractivity contribution < 1.29 is 9.53 Å². The highest BCUT2D eigenvalue weighted by molar-refractivity contribution is 5.95. The predicted octanol–water partition coefficient (Wildman–Crippen LogP) is 3.25. The van der Waals surface area contributed by atoms with E-state index in [-0.39, 0.29) is 11.9 Å². The number of aromatic nitrogens is 4. The number of nitrogens with one attached hydrogen (secondary N) is 1. The van der Waals surface area contributed by atoms with Crippen molar-refractivity contribution in [1.82, 2.24) is 25.3 Å². The fourth-order valence-corrected chi connectivity index (χ4v) is 3.30. The monoisotopic (exact) mass is 377 g/mol. The van der Waals surface area contributed by atoms with E-state index >= 15 is 0 Å². The maximum Gasteiger partial charge on any atom is 0.255 e. The minimum atomic E-state index is -0.122. The first-order valence-electron chi connectivity index (χ1n) is 9.54. The van der Waals surface area contributed by atoms with Gasteiger partial charge in [0.05, 0.1) is 30.1 Å². The van der Waals surface area contributed by atoms with Gasteiger partial charge in [-0.15, -0.1) is 10.2 Å². The molecule has 1 saturated carbocycles. The molecule has 7 heteroatoms. The van der Waals surface area contributed by atoms with Gasteiger partial charge < -0.3 is 10.1 Å². The van der Waals surface area contributed by atoms with Gasteiger partial charge in [0.2, 0.25) is 5.88 Å². The molecule has 28 heavy (non-hydrogen) atoms.